The molecule has 1 fully saturated rings. The predicted octanol–water partition coefficient (Wildman–Crippen LogP) is 3.48. The van der Waals surface area contributed by atoms with Gasteiger partial charge in [-0.2, -0.15) is 0 Å². The summed E-state index contributed by atoms with van der Waals surface area (Å²) in [6.07, 6.45) is 5.12. The molecule has 0 aliphatic carbocycles. The fourth-order valence-electron chi connectivity index (χ4n) is 3.58. The summed E-state index contributed by atoms with van der Waals surface area (Å²) in [5, 5.41) is 3.09. The van der Waals surface area contributed by atoms with Crippen molar-refractivity contribution in [2.75, 3.05) is 26.2 Å². The monoisotopic (exact) mass is 425 g/mol. The molecular weight excluding hydrogens is 390 g/mol. The minimum Gasteiger partial charge on any atom is -0.494 e. The van der Waals surface area contributed by atoms with Crippen LogP contribution in [-0.2, 0) is 17.9 Å². The summed E-state index contributed by atoms with van der Waals surface area (Å²) >= 11 is 0. The van der Waals surface area contributed by atoms with Gasteiger partial charge >= 0.3 is 0 Å². The Morgan fingerprint density at radius 1 is 0.968 bits per heavy atom. The molecule has 1 heterocycles. The molecule has 3 rings (SSSR count). The van der Waals surface area contributed by atoms with Gasteiger partial charge in [0.1, 0.15) is 18.1 Å². The van der Waals surface area contributed by atoms with E-state index < -0.39 is 0 Å². The van der Waals surface area contributed by atoms with E-state index in [0.717, 1.165) is 42.2 Å². The van der Waals surface area contributed by atoms with Crippen LogP contribution in [0.5, 0.6) is 11.5 Å². The molecule has 0 bridgehead atoms. The number of hydrogen-bond donors (Lipinski definition) is 2. The van der Waals surface area contributed by atoms with Gasteiger partial charge in [0.05, 0.1) is 12.6 Å². The van der Waals surface area contributed by atoms with Crippen LogP contribution in [0.2, 0.25) is 0 Å². The van der Waals surface area contributed by atoms with Crippen LogP contribution < -0.4 is 20.5 Å². The van der Waals surface area contributed by atoms with Gasteiger partial charge in [-0.15, -0.1) is 0 Å². The van der Waals surface area contributed by atoms with Crippen LogP contribution in [0, 0.1) is 0 Å². The molecule has 168 valence electrons. The number of carbonyl (C=O) groups excluding carboxylic acids is 1. The summed E-state index contributed by atoms with van der Waals surface area (Å²) in [7, 11) is 0. The van der Waals surface area contributed by atoms with Crippen molar-refractivity contribution < 1.29 is 14.3 Å². The van der Waals surface area contributed by atoms with Gasteiger partial charge in [0.25, 0.3) is 0 Å². The third-order valence-electron chi connectivity index (χ3n) is 5.63. The van der Waals surface area contributed by atoms with Crippen molar-refractivity contribution in [1.29, 1.82) is 0 Å². The average Bonchev–Trinajstić information content (AvgIpc) is 2.81. The highest BCUT2D eigenvalue weighted by atomic mass is 16.5. The van der Waals surface area contributed by atoms with Gasteiger partial charge in [-0.1, -0.05) is 30.7 Å². The molecule has 6 heteroatoms. The second-order valence-corrected chi connectivity index (χ2v) is 8.19. The Balaban J connectivity index is 1.34. The molecule has 31 heavy (non-hydrogen) atoms. The fraction of sp³-hybridized carbons (Fsp3) is 0.480. The SMILES string of the molecule is C[C@H](NCc1ccc(OCc2ccc(OCCCN3CCCCC3)cc2)cc1)C(N)=O. The van der Waals surface area contributed by atoms with Gasteiger partial charge in [0.2, 0.25) is 5.91 Å². The topological polar surface area (TPSA) is 76.8 Å². The second kappa shape index (κ2) is 12.3. The lowest BCUT2D eigenvalue weighted by atomic mass is 10.1. The molecule has 3 N–H and O–H groups in total. The van der Waals surface area contributed by atoms with Crippen LogP contribution in [0.1, 0.15) is 43.7 Å². The van der Waals surface area contributed by atoms with Crippen LogP contribution in [-0.4, -0.2) is 43.1 Å². The molecule has 2 aromatic rings. The maximum absolute atomic E-state index is 11.1. The van der Waals surface area contributed by atoms with E-state index in [9.17, 15) is 4.79 Å². The highest BCUT2D eigenvalue weighted by molar-refractivity contribution is 5.79. The van der Waals surface area contributed by atoms with Crippen molar-refractivity contribution in [2.45, 2.75) is 51.8 Å². The maximum atomic E-state index is 11.1. The number of piperidine rings is 1. The Morgan fingerprint density at radius 2 is 1.58 bits per heavy atom. The number of rotatable bonds is 12. The highest BCUT2D eigenvalue weighted by Gasteiger charge is 2.09. The minimum absolute atomic E-state index is 0.349. The Hall–Kier alpha value is -2.57. The lowest BCUT2D eigenvalue weighted by Gasteiger charge is -2.26. The zero-order valence-electron chi connectivity index (χ0n) is 18.5. The van der Waals surface area contributed by atoms with Crippen LogP contribution in [0.25, 0.3) is 0 Å². The number of amides is 1. The van der Waals surface area contributed by atoms with Crippen LogP contribution in [0.15, 0.2) is 48.5 Å². The van der Waals surface area contributed by atoms with E-state index in [1.54, 1.807) is 6.92 Å². The molecule has 0 spiro atoms. The molecule has 6 nitrogen and oxygen atoms in total. The number of ether oxygens (including phenoxy) is 2. The molecule has 1 saturated heterocycles. The molecule has 2 aromatic carbocycles. The summed E-state index contributed by atoms with van der Waals surface area (Å²) in [4.78, 5) is 13.6. The molecule has 0 saturated carbocycles. The summed E-state index contributed by atoms with van der Waals surface area (Å²) in [6, 6.07) is 15.6. The van der Waals surface area contributed by atoms with Gasteiger partial charge < -0.3 is 25.4 Å². The van der Waals surface area contributed by atoms with Crippen LogP contribution in [0.3, 0.4) is 0 Å². The maximum Gasteiger partial charge on any atom is 0.234 e. The van der Waals surface area contributed by atoms with Crippen molar-refractivity contribution in [3.8, 4) is 11.5 Å². The summed E-state index contributed by atoms with van der Waals surface area (Å²) in [5.41, 5.74) is 7.43. The van der Waals surface area contributed by atoms with E-state index in [0.29, 0.717) is 13.2 Å². The molecule has 0 radical (unpaired) electrons. The lowest BCUT2D eigenvalue weighted by Crippen LogP contribution is -2.38. The minimum atomic E-state index is -0.353. The number of nitrogens with one attached hydrogen (secondary N) is 1. The van der Waals surface area contributed by atoms with E-state index in [1.807, 2.05) is 48.5 Å². The standard InChI is InChI=1S/C25H35N3O3/c1-20(25(26)29)27-18-21-6-10-24(11-7-21)31-19-22-8-12-23(13-9-22)30-17-5-16-28-14-3-2-4-15-28/h6-13,20,27H,2-5,14-19H2,1H3,(H2,26,29)/t20-/m0/s1. The number of carbonyl (C=O) groups is 1. The third-order valence-corrected chi connectivity index (χ3v) is 5.63. The predicted molar refractivity (Wildman–Crippen MR) is 123 cm³/mol. The number of benzene rings is 2. The number of nitrogens with two attached hydrogens (primary N) is 1. The van der Waals surface area contributed by atoms with Crippen molar-refractivity contribution in [2.24, 2.45) is 5.73 Å². The van der Waals surface area contributed by atoms with Crippen molar-refractivity contribution >= 4 is 5.91 Å². The van der Waals surface area contributed by atoms with E-state index in [4.69, 9.17) is 15.2 Å². The number of hydrogen-bond acceptors (Lipinski definition) is 5. The fourth-order valence-corrected chi connectivity index (χ4v) is 3.58. The molecule has 1 atom stereocenters. The molecule has 1 aliphatic rings. The van der Waals surface area contributed by atoms with Crippen molar-refractivity contribution in [3.05, 3.63) is 59.7 Å². The summed E-state index contributed by atoms with van der Waals surface area (Å²) in [5.74, 6) is 1.36. The lowest BCUT2D eigenvalue weighted by molar-refractivity contribution is -0.119. The smallest absolute Gasteiger partial charge is 0.234 e. The summed E-state index contributed by atoms with van der Waals surface area (Å²) in [6.45, 7) is 7.21. The molecular formula is C25H35N3O3. The van der Waals surface area contributed by atoms with Gasteiger partial charge in [-0.3, -0.25) is 4.79 Å². The first kappa shape index (κ1) is 23.1. The van der Waals surface area contributed by atoms with E-state index >= 15 is 0 Å². The third kappa shape index (κ3) is 8.23. The first-order valence-electron chi connectivity index (χ1n) is 11.3. The number of likely N-dealkylation sites (tertiary alicyclic amines) is 1. The van der Waals surface area contributed by atoms with E-state index in [-0.39, 0.29) is 11.9 Å². The van der Waals surface area contributed by atoms with Crippen LogP contribution in [0.4, 0.5) is 0 Å². The Labute approximate surface area is 185 Å². The number of primary amides is 1. The van der Waals surface area contributed by atoms with Gasteiger partial charge in [-0.05, 0) is 74.7 Å². The zero-order chi connectivity index (χ0) is 21.9. The average molecular weight is 426 g/mol. The quantitative estimate of drug-likeness (QED) is 0.509. The van der Waals surface area contributed by atoms with E-state index in [2.05, 4.69) is 10.2 Å². The molecule has 1 aliphatic heterocycles. The molecule has 0 unspecified atom stereocenters. The Bertz CT molecular complexity index is 787. The van der Waals surface area contributed by atoms with Crippen molar-refractivity contribution in [3.63, 3.8) is 0 Å². The first-order chi connectivity index (χ1) is 15.1. The number of nitrogens with zero attached hydrogens (tertiary/aromatic N) is 1. The summed E-state index contributed by atoms with van der Waals surface area (Å²) < 4.78 is 11.8. The Morgan fingerprint density at radius 3 is 2.23 bits per heavy atom. The largest absolute Gasteiger partial charge is 0.494 e. The van der Waals surface area contributed by atoms with Crippen LogP contribution >= 0.6 is 0 Å². The first-order valence-corrected chi connectivity index (χ1v) is 11.3. The second-order valence-electron chi connectivity index (χ2n) is 8.19. The van der Waals surface area contributed by atoms with Gasteiger partial charge in [0, 0.05) is 13.1 Å². The zero-order valence-corrected chi connectivity index (χ0v) is 18.5. The van der Waals surface area contributed by atoms with Gasteiger partial charge in [0.15, 0.2) is 0 Å². The molecule has 0 aromatic heterocycles. The van der Waals surface area contributed by atoms with E-state index in [1.165, 1.54) is 32.4 Å². The Kier molecular flexibility index (Phi) is 9.18. The van der Waals surface area contributed by atoms with Crippen molar-refractivity contribution in [1.82, 2.24) is 10.2 Å². The highest BCUT2D eigenvalue weighted by Crippen LogP contribution is 2.17. The molecule has 1 amide bonds. The normalized spacial score (nSPS) is 15.4. The van der Waals surface area contributed by atoms with Gasteiger partial charge in [-0.25, -0.2) is 0 Å².